The molecule has 0 bridgehead atoms. The number of nitrogens with zero attached hydrogens (tertiary/aromatic N) is 3. The van der Waals surface area contributed by atoms with Gasteiger partial charge < -0.3 is 20.3 Å². The Hall–Kier alpha value is -3.67. The van der Waals surface area contributed by atoms with Crippen LogP contribution in [0.1, 0.15) is 22.1 Å². The first-order valence-electron chi connectivity index (χ1n) is 13.0. The van der Waals surface area contributed by atoms with E-state index in [1.807, 2.05) is 6.07 Å². The van der Waals surface area contributed by atoms with Gasteiger partial charge >= 0.3 is 0 Å². The van der Waals surface area contributed by atoms with Gasteiger partial charge in [-0.2, -0.15) is 5.26 Å². The van der Waals surface area contributed by atoms with E-state index < -0.39 is 47.5 Å². The van der Waals surface area contributed by atoms with Crippen LogP contribution < -0.4 is 15.4 Å². The van der Waals surface area contributed by atoms with E-state index in [4.69, 9.17) is 25.9 Å². The van der Waals surface area contributed by atoms with Gasteiger partial charge in [-0.25, -0.2) is 4.39 Å². The number of fused-ring (bicyclic) bond motifs is 1. The summed E-state index contributed by atoms with van der Waals surface area (Å²) in [6.45, 7) is -1.07. The van der Waals surface area contributed by atoms with Crippen molar-refractivity contribution in [2.45, 2.75) is 6.92 Å². The minimum atomic E-state index is -2.21. The Labute approximate surface area is 206 Å². The third kappa shape index (κ3) is 5.98. The van der Waals surface area contributed by atoms with Crippen molar-refractivity contribution in [1.82, 2.24) is 9.88 Å². The first-order valence-corrected chi connectivity index (χ1v) is 9.83. The van der Waals surface area contributed by atoms with Gasteiger partial charge in [-0.05, 0) is 45.2 Å². The second-order valence-corrected chi connectivity index (χ2v) is 7.20. The summed E-state index contributed by atoms with van der Waals surface area (Å²) in [6.07, 6.45) is 1.16. The standard InChI is InChI=1S/C24H23ClFN5O2/c1-4-33-22-12-20-17(11-21(22)30-23(32)6-5-9-31(2)3)24(15(13-27)14-28-20)29-16-7-8-19(26)18(25)10-16/h5-8,10-12,14H,4,9H2,1-3H3,(H,28,29)(H,30,32)/b6-5+/i4D2,5D,6D,7D,8D,10D. The highest BCUT2D eigenvalue weighted by molar-refractivity contribution is 6.31. The summed E-state index contributed by atoms with van der Waals surface area (Å²) in [5.41, 5.74) is -0.494. The van der Waals surface area contributed by atoms with Gasteiger partial charge in [0.25, 0.3) is 0 Å². The quantitative estimate of drug-likeness (QED) is 0.441. The SMILES string of the molecule is [2H]/C(CN(C)C)=C(/[2H])C(=O)Nc1cc2c(Nc3c([2H])c([2H])c(F)c(Cl)c3[2H])c(C#N)cnc2cc1OC([2H])([2H])C. The number of ether oxygens (including phenoxy) is 1. The lowest BCUT2D eigenvalue weighted by molar-refractivity contribution is -0.111. The van der Waals surface area contributed by atoms with Crippen LogP contribution in [0.2, 0.25) is 5.02 Å². The molecule has 0 spiro atoms. The number of benzene rings is 2. The summed E-state index contributed by atoms with van der Waals surface area (Å²) in [5.74, 6) is -2.41. The number of halogens is 2. The number of hydrogen-bond acceptors (Lipinski definition) is 6. The average molecular weight is 475 g/mol. The highest BCUT2D eigenvalue weighted by Gasteiger charge is 2.15. The fourth-order valence-corrected chi connectivity index (χ4v) is 2.86. The minimum Gasteiger partial charge on any atom is -0.492 e. The van der Waals surface area contributed by atoms with Gasteiger partial charge in [0.1, 0.15) is 17.6 Å². The summed E-state index contributed by atoms with van der Waals surface area (Å²) >= 11 is 5.85. The lowest BCUT2D eigenvalue weighted by atomic mass is 10.1. The number of hydrogen-bond donors (Lipinski definition) is 2. The third-order valence-electron chi connectivity index (χ3n) is 4.12. The highest BCUT2D eigenvalue weighted by atomic mass is 35.5. The number of carbonyl (C=O) groups is 1. The first-order chi connectivity index (χ1) is 18.5. The molecule has 1 aromatic heterocycles. The number of rotatable bonds is 8. The third-order valence-corrected chi connectivity index (χ3v) is 4.38. The second kappa shape index (κ2) is 10.8. The van der Waals surface area contributed by atoms with Crippen LogP contribution in [0.3, 0.4) is 0 Å². The average Bonchev–Trinajstić information content (AvgIpc) is 2.87. The van der Waals surface area contributed by atoms with E-state index in [9.17, 15) is 14.4 Å². The van der Waals surface area contributed by atoms with Crippen molar-refractivity contribution in [1.29, 1.82) is 5.26 Å². The van der Waals surface area contributed by atoms with Crippen LogP contribution in [-0.2, 0) is 4.79 Å². The summed E-state index contributed by atoms with van der Waals surface area (Å²) in [4.78, 5) is 18.6. The lowest BCUT2D eigenvalue weighted by Crippen LogP contribution is -2.13. The number of nitriles is 1. The molecule has 170 valence electrons. The van der Waals surface area contributed by atoms with Crippen LogP contribution >= 0.6 is 11.6 Å². The Balaban J connectivity index is 2.26. The molecule has 0 aliphatic heterocycles. The molecular weight excluding hydrogens is 445 g/mol. The van der Waals surface area contributed by atoms with Gasteiger partial charge in [0.05, 0.1) is 43.6 Å². The Kier molecular flexibility index (Phi) is 5.23. The minimum absolute atomic E-state index is 0.0114. The lowest BCUT2D eigenvalue weighted by Gasteiger charge is -2.16. The van der Waals surface area contributed by atoms with E-state index in [0.717, 1.165) is 13.1 Å². The number of likely N-dealkylation sites (N-methyl/N-ethyl adjacent to an activating group) is 1. The maximum Gasteiger partial charge on any atom is 0.248 e. The van der Waals surface area contributed by atoms with Crippen molar-refractivity contribution in [2.24, 2.45) is 0 Å². The normalized spacial score (nSPS) is 15.1. The first kappa shape index (κ1) is 16.0. The molecule has 3 rings (SSSR count). The van der Waals surface area contributed by atoms with Crippen molar-refractivity contribution in [3.63, 3.8) is 0 Å². The number of amides is 1. The molecule has 7 nitrogen and oxygen atoms in total. The van der Waals surface area contributed by atoms with Gasteiger partial charge in [0, 0.05) is 35.9 Å². The second-order valence-electron chi connectivity index (χ2n) is 6.83. The molecule has 0 aliphatic carbocycles. The van der Waals surface area contributed by atoms with Gasteiger partial charge in [-0.3, -0.25) is 9.78 Å². The highest BCUT2D eigenvalue weighted by Crippen LogP contribution is 2.36. The molecule has 0 saturated heterocycles. The van der Waals surface area contributed by atoms with Crippen molar-refractivity contribution in [3.05, 3.63) is 65.0 Å². The van der Waals surface area contributed by atoms with Crippen LogP contribution in [0, 0.1) is 17.1 Å². The number of pyridine rings is 1. The summed E-state index contributed by atoms with van der Waals surface area (Å²) < 4.78 is 75.3. The van der Waals surface area contributed by atoms with Crippen LogP contribution in [0.25, 0.3) is 10.9 Å². The molecule has 2 aromatic carbocycles. The van der Waals surface area contributed by atoms with Gasteiger partial charge in [-0.1, -0.05) is 17.7 Å². The van der Waals surface area contributed by atoms with Crippen LogP contribution in [0.5, 0.6) is 5.75 Å². The Morgan fingerprint density at radius 2 is 2.27 bits per heavy atom. The summed E-state index contributed by atoms with van der Waals surface area (Å²) in [5, 5.41) is 14.3. The fourth-order valence-electron chi connectivity index (χ4n) is 2.72. The predicted octanol–water partition coefficient (Wildman–Crippen LogP) is 5.10. The van der Waals surface area contributed by atoms with E-state index in [1.54, 1.807) is 19.0 Å². The summed E-state index contributed by atoms with van der Waals surface area (Å²) in [7, 11) is 3.32. The largest absolute Gasteiger partial charge is 0.492 e. The van der Waals surface area contributed by atoms with Crippen molar-refractivity contribution in [2.75, 3.05) is 37.8 Å². The molecule has 0 fully saturated rings. The zero-order chi connectivity index (χ0) is 30.1. The molecule has 2 N–H and O–H groups in total. The van der Waals surface area contributed by atoms with E-state index in [1.165, 1.54) is 12.1 Å². The zero-order valence-electron chi connectivity index (χ0n) is 24.9. The van der Waals surface area contributed by atoms with Gasteiger partial charge in [-0.15, -0.1) is 0 Å². The molecule has 0 saturated carbocycles. The molecule has 9 heteroatoms. The Morgan fingerprint density at radius 3 is 2.97 bits per heavy atom. The zero-order valence-corrected chi connectivity index (χ0v) is 18.6. The van der Waals surface area contributed by atoms with Crippen LogP contribution in [0.4, 0.5) is 21.5 Å². The van der Waals surface area contributed by atoms with Crippen molar-refractivity contribution >= 4 is 45.5 Å². The number of aromatic nitrogens is 1. The van der Waals surface area contributed by atoms with Crippen LogP contribution in [0.15, 0.2) is 48.6 Å². The molecule has 0 aliphatic rings. The van der Waals surface area contributed by atoms with E-state index in [0.29, 0.717) is 0 Å². The molecule has 0 atom stereocenters. The molecule has 0 radical (unpaired) electrons. The van der Waals surface area contributed by atoms with Gasteiger partial charge in [0.15, 0.2) is 0 Å². The van der Waals surface area contributed by atoms with E-state index in [2.05, 4.69) is 15.6 Å². The molecule has 3 aromatic rings. The van der Waals surface area contributed by atoms with Gasteiger partial charge in [0.2, 0.25) is 5.91 Å². The van der Waals surface area contributed by atoms with E-state index in [-0.39, 0.29) is 51.9 Å². The van der Waals surface area contributed by atoms with Crippen LogP contribution in [-0.4, -0.2) is 43.0 Å². The topological polar surface area (TPSA) is 90.3 Å². The summed E-state index contributed by atoms with van der Waals surface area (Å²) in [6, 6.07) is 1.32. The number of anilines is 3. The van der Waals surface area contributed by atoms with E-state index >= 15 is 0 Å². The molecule has 1 heterocycles. The molecule has 33 heavy (non-hydrogen) atoms. The number of carbonyl (C=O) groups excluding carboxylic acids is 1. The maximum absolute atomic E-state index is 14.1. The fraction of sp³-hybridized carbons (Fsp3) is 0.208. The predicted molar refractivity (Wildman–Crippen MR) is 129 cm³/mol. The number of nitrogens with one attached hydrogen (secondary N) is 2. The molecule has 1 amide bonds. The monoisotopic (exact) mass is 474 g/mol. The molecular formula is C24H23ClFN5O2. The van der Waals surface area contributed by atoms with Crippen molar-refractivity contribution < 1.29 is 23.5 Å². The van der Waals surface area contributed by atoms with Crippen molar-refractivity contribution in [3.8, 4) is 11.8 Å². The Morgan fingerprint density at radius 1 is 1.48 bits per heavy atom. The Bertz CT molecular complexity index is 1560. The molecule has 0 unspecified atom stereocenters. The maximum atomic E-state index is 14.1. The smallest absolute Gasteiger partial charge is 0.248 e.